The topological polar surface area (TPSA) is 68.5 Å². The zero-order valence-corrected chi connectivity index (χ0v) is 17.1. The highest BCUT2D eigenvalue weighted by molar-refractivity contribution is 7.91. The minimum atomic E-state index is -3.68. The number of rotatable bonds is 4. The lowest BCUT2D eigenvalue weighted by Crippen LogP contribution is -2.15. The Kier molecular flexibility index (Phi) is 5.06. The quantitative estimate of drug-likeness (QED) is 0.464. The molecule has 0 radical (unpaired) electrons. The highest BCUT2D eigenvalue weighted by atomic mass is 32.2. The molecule has 4 rings (SSSR count). The van der Waals surface area contributed by atoms with E-state index in [1.54, 1.807) is 0 Å². The summed E-state index contributed by atoms with van der Waals surface area (Å²) in [5.41, 5.74) is 0.958. The molecule has 0 saturated carbocycles. The van der Waals surface area contributed by atoms with Gasteiger partial charge < -0.3 is 4.57 Å². The number of thiazole rings is 1. The van der Waals surface area contributed by atoms with Gasteiger partial charge in [0.2, 0.25) is 5.91 Å². The van der Waals surface area contributed by atoms with Gasteiger partial charge in [-0.15, -0.1) is 0 Å². The number of halogens is 1. The average Bonchev–Trinajstić information content (AvgIpc) is 3.03. The summed E-state index contributed by atoms with van der Waals surface area (Å²) in [6.45, 7) is 0. The van der Waals surface area contributed by atoms with Gasteiger partial charge in [-0.05, 0) is 35.7 Å². The van der Waals surface area contributed by atoms with Gasteiger partial charge in [-0.1, -0.05) is 41.7 Å². The zero-order valence-electron chi connectivity index (χ0n) is 15.5. The first-order chi connectivity index (χ1) is 13.8. The zero-order chi connectivity index (χ0) is 20.6. The molecule has 0 atom stereocenters. The van der Waals surface area contributed by atoms with Crippen LogP contribution in [0.1, 0.15) is 6.42 Å². The lowest BCUT2D eigenvalue weighted by Gasteiger charge is -2.02. The smallest absolute Gasteiger partial charge is 0.249 e. The van der Waals surface area contributed by atoms with Crippen molar-refractivity contribution in [3.05, 3.63) is 71.3 Å². The van der Waals surface area contributed by atoms with Crippen LogP contribution in [0.15, 0.2) is 70.6 Å². The molecule has 1 heterocycles. The molecule has 1 aromatic heterocycles. The van der Waals surface area contributed by atoms with E-state index in [1.165, 1.54) is 23.5 Å². The summed E-state index contributed by atoms with van der Waals surface area (Å²) in [5, 5.41) is 2.18. The van der Waals surface area contributed by atoms with Crippen molar-refractivity contribution < 1.29 is 17.6 Å². The third-order valence-corrected chi connectivity index (χ3v) is 7.59. The summed E-state index contributed by atoms with van der Waals surface area (Å²) in [6.07, 6.45) is -0.241. The van der Waals surface area contributed by atoms with Crippen molar-refractivity contribution in [3.8, 4) is 0 Å². The van der Waals surface area contributed by atoms with E-state index in [2.05, 4.69) is 4.99 Å². The fourth-order valence-corrected chi connectivity index (χ4v) is 5.51. The third kappa shape index (κ3) is 3.86. The van der Waals surface area contributed by atoms with Crippen LogP contribution in [0.25, 0.3) is 21.0 Å². The Morgan fingerprint density at radius 2 is 1.79 bits per heavy atom. The summed E-state index contributed by atoms with van der Waals surface area (Å²) >= 11 is 1.40. The van der Waals surface area contributed by atoms with E-state index in [1.807, 2.05) is 48.0 Å². The van der Waals surface area contributed by atoms with Crippen molar-refractivity contribution >= 4 is 48.1 Å². The average molecular weight is 429 g/mol. The number of benzene rings is 3. The van der Waals surface area contributed by atoms with E-state index in [9.17, 15) is 17.6 Å². The lowest BCUT2D eigenvalue weighted by atomic mass is 10.1. The molecular weight excluding hydrogens is 411 g/mol. The van der Waals surface area contributed by atoms with Crippen LogP contribution in [0.4, 0.5) is 4.39 Å². The van der Waals surface area contributed by atoms with Crippen molar-refractivity contribution in [2.45, 2.75) is 11.3 Å². The molecule has 148 valence electrons. The van der Waals surface area contributed by atoms with Gasteiger partial charge in [0.15, 0.2) is 14.6 Å². The van der Waals surface area contributed by atoms with E-state index in [0.717, 1.165) is 33.1 Å². The predicted octanol–water partition coefficient (Wildman–Crippen LogP) is 3.82. The van der Waals surface area contributed by atoms with Gasteiger partial charge in [0.25, 0.3) is 0 Å². The Bertz CT molecular complexity index is 1400. The molecule has 0 saturated heterocycles. The first-order valence-corrected chi connectivity index (χ1v) is 11.4. The van der Waals surface area contributed by atoms with Crippen LogP contribution in [0, 0.1) is 5.82 Å². The van der Waals surface area contributed by atoms with Gasteiger partial charge >= 0.3 is 0 Å². The molecule has 0 spiro atoms. The summed E-state index contributed by atoms with van der Waals surface area (Å²) in [6, 6.07) is 16.5. The first-order valence-electron chi connectivity index (χ1n) is 8.88. The summed E-state index contributed by atoms with van der Waals surface area (Å²) < 4.78 is 40.5. The highest BCUT2D eigenvalue weighted by Gasteiger charge is 2.17. The van der Waals surface area contributed by atoms with Crippen LogP contribution >= 0.6 is 11.3 Å². The standard InChI is InChI=1S/C21H17FN2O3S2/c1-24-18-11-6-14-4-2-3-5-17(14)20(18)28-21(24)23-19(25)12-13-29(26,27)16-9-7-15(22)8-10-16/h2-11H,12-13H2,1H3. The summed E-state index contributed by atoms with van der Waals surface area (Å²) in [7, 11) is -1.85. The van der Waals surface area contributed by atoms with Gasteiger partial charge in [-0.2, -0.15) is 4.99 Å². The van der Waals surface area contributed by atoms with Crippen LogP contribution < -0.4 is 4.80 Å². The molecule has 3 aromatic carbocycles. The molecule has 29 heavy (non-hydrogen) atoms. The molecule has 0 unspecified atom stereocenters. The molecule has 1 amide bonds. The number of carbonyl (C=O) groups is 1. The van der Waals surface area contributed by atoms with Crippen molar-refractivity contribution in [3.63, 3.8) is 0 Å². The second-order valence-electron chi connectivity index (χ2n) is 6.61. The van der Waals surface area contributed by atoms with Gasteiger partial charge in [0, 0.05) is 18.9 Å². The van der Waals surface area contributed by atoms with Crippen molar-refractivity contribution in [2.75, 3.05) is 5.75 Å². The van der Waals surface area contributed by atoms with E-state index in [-0.39, 0.29) is 17.1 Å². The van der Waals surface area contributed by atoms with Gasteiger partial charge in [-0.3, -0.25) is 4.79 Å². The van der Waals surface area contributed by atoms with E-state index in [4.69, 9.17) is 0 Å². The number of hydrogen-bond donors (Lipinski definition) is 0. The van der Waals surface area contributed by atoms with Crippen LogP contribution in [0.3, 0.4) is 0 Å². The Labute approximate surface area is 170 Å². The number of fused-ring (bicyclic) bond motifs is 3. The molecule has 0 bridgehead atoms. The normalized spacial score (nSPS) is 12.7. The van der Waals surface area contributed by atoms with E-state index in [0.29, 0.717) is 4.80 Å². The van der Waals surface area contributed by atoms with E-state index < -0.39 is 21.6 Å². The Balaban J connectivity index is 1.61. The Morgan fingerprint density at radius 3 is 2.55 bits per heavy atom. The van der Waals surface area contributed by atoms with Crippen LogP contribution in [-0.2, 0) is 21.7 Å². The number of amides is 1. The number of aromatic nitrogens is 1. The molecule has 4 aromatic rings. The highest BCUT2D eigenvalue weighted by Crippen LogP contribution is 2.27. The summed E-state index contributed by atoms with van der Waals surface area (Å²) in [5.74, 6) is -1.40. The Hall–Kier alpha value is -2.84. The van der Waals surface area contributed by atoms with Crippen molar-refractivity contribution in [1.29, 1.82) is 0 Å². The fourth-order valence-electron chi connectivity index (χ4n) is 3.11. The van der Waals surface area contributed by atoms with Crippen LogP contribution in [-0.4, -0.2) is 24.6 Å². The SMILES string of the molecule is Cn1c(=NC(=O)CCS(=O)(=O)c2ccc(F)cc2)sc2c3ccccc3ccc21. The van der Waals surface area contributed by atoms with Crippen molar-refractivity contribution in [1.82, 2.24) is 4.57 Å². The fraction of sp³-hybridized carbons (Fsp3) is 0.143. The third-order valence-electron chi connectivity index (χ3n) is 4.68. The first kappa shape index (κ1) is 19.5. The minimum absolute atomic E-state index is 0.00872. The molecule has 5 nitrogen and oxygen atoms in total. The molecule has 0 aliphatic heterocycles. The van der Waals surface area contributed by atoms with Gasteiger partial charge in [0.1, 0.15) is 5.82 Å². The maximum Gasteiger partial charge on any atom is 0.249 e. The number of aryl methyl sites for hydroxylation is 1. The van der Waals surface area contributed by atoms with Crippen LogP contribution in [0.5, 0.6) is 0 Å². The Morgan fingerprint density at radius 1 is 1.07 bits per heavy atom. The number of hydrogen-bond acceptors (Lipinski definition) is 4. The van der Waals surface area contributed by atoms with E-state index >= 15 is 0 Å². The van der Waals surface area contributed by atoms with Crippen molar-refractivity contribution in [2.24, 2.45) is 12.0 Å². The molecule has 0 aliphatic carbocycles. The van der Waals surface area contributed by atoms with Gasteiger partial charge in [0.05, 0.1) is 20.9 Å². The molecule has 0 aliphatic rings. The molecular formula is C21H17FN2O3S2. The second kappa shape index (κ2) is 7.53. The maximum atomic E-state index is 13.0. The predicted molar refractivity (Wildman–Crippen MR) is 112 cm³/mol. The molecule has 8 heteroatoms. The number of carbonyl (C=O) groups excluding carboxylic acids is 1. The number of nitrogens with zero attached hydrogens (tertiary/aromatic N) is 2. The monoisotopic (exact) mass is 428 g/mol. The minimum Gasteiger partial charge on any atom is -0.319 e. The molecule has 0 fully saturated rings. The summed E-state index contributed by atoms with van der Waals surface area (Å²) in [4.78, 5) is 17.0. The second-order valence-corrected chi connectivity index (χ2v) is 9.69. The van der Waals surface area contributed by atoms with Gasteiger partial charge in [-0.25, -0.2) is 12.8 Å². The number of sulfone groups is 1. The lowest BCUT2D eigenvalue weighted by molar-refractivity contribution is -0.117. The largest absolute Gasteiger partial charge is 0.319 e. The maximum absolute atomic E-state index is 13.0. The van der Waals surface area contributed by atoms with Crippen LogP contribution in [0.2, 0.25) is 0 Å². The molecule has 0 N–H and O–H groups in total.